The Balaban J connectivity index is 2.04. The van der Waals surface area contributed by atoms with E-state index in [4.69, 9.17) is 0 Å². The lowest BCUT2D eigenvalue weighted by atomic mass is 9.94. The second-order valence-electron chi connectivity index (χ2n) is 4.87. The predicted molar refractivity (Wildman–Crippen MR) is 77.2 cm³/mol. The van der Waals surface area contributed by atoms with Crippen molar-refractivity contribution in [3.8, 4) is 11.1 Å². The molecule has 0 N–H and O–H groups in total. The molecule has 0 aromatic heterocycles. The van der Waals surface area contributed by atoms with Crippen LogP contribution in [0.4, 0.5) is 0 Å². The highest BCUT2D eigenvalue weighted by molar-refractivity contribution is 5.98. The molecule has 96 valence electrons. The second kappa shape index (κ2) is 4.88. The summed E-state index contributed by atoms with van der Waals surface area (Å²) in [6, 6.07) is 16.5. The van der Waals surface area contributed by atoms with E-state index in [9.17, 15) is 4.79 Å². The first-order valence-corrected chi connectivity index (χ1v) is 6.77. The minimum atomic E-state index is 0.168. The molecule has 2 nitrogen and oxygen atoms in total. The number of likely N-dealkylation sites (N-methyl/N-ethyl adjacent to an activating group) is 1. The van der Waals surface area contributed by atoms with Crippen LogP contribution in [0.25, 0.3) is 11.1 Å². The Hall–Kier alpha value is -2.09. The van der Waals surface area contributed by atoms with Gasteiger partial charge in [-0.25, -0.2) is 0 Å². The molecule has 2 heteroatoms. The molecule has 1 amide bonds. The van der Waals surface area contributed by atoms with E-state index in [1.807, 2.05) is 36.1 Å². The van der Waals surface area contributed by atoms with Crippen molar-refractivity contribution in [2.24, 2.45) is 0 Å². The van der Waals surface area contributed by atoms with Crippen molar-refractivity contribution in [1.82, 2.24) is 4.90 Å². The lowest BCUT2D eigenvalue weighted by molar-refractivity contribution is 0.0749. The van der Waals surface area contributed by atoms with Crippen LogP contribution in [0.5, 0.6) is 0 Å². The molecule has 0 fully saturated rings. The van der Waals surface area contributed by atoms with Gasteiger partial charge < -0.3 is 4.90 Å². The monoisotopic (exact) mass is 251 g/mol. The minimum Gasteiger partial charge on any atom is -0.339 e. The number of hydrogen-bond acceptors (Lipinski definition) is 1. The van der Waals surface area contributed by atoms with Crippen LogP contribution in [-0.4, -0.2) is 23.9 Å². The van der Waals surface area contributed by atoms with Gasteiger partial charge in [-0.05, 0) is 36.1 Å². The Kier molecular flexibility index (Phi) is 3.08. The third kappa shape index (κ3) is 2.14. The SMILES string of the molecule is CCN1CCc2ccc(-c3ccccc3)cc2C1=O. The summed E-state index contributed by atoms with van der Waals surface area (Å²) in [5.41, 5.74) is 4.32. The molecule has 1 heterocycles. The molecule has 1 aliphatic rings. The Morgan fingerprint density at radius 3 is 2.58 bits per heavy atom. The van der Waals surface area contributed by atoms with Crippen LogP contribution in [0.2, 0.25) is 0 Å². The first-order chi connectivity index (χ1) is 9.29. The molecule has 0 saturated carbocycles. The molecule has 2 aromatic rings. The standard InChI is InChI=1S/C17H17NO/c1-2-18-11-10-14-8-9-15(12-16(14)17(18)19)13-6-4-3-5-7-13/h3-9,12H,2,10-11H2,1H3. The molecular formula is C17H17NO. The van der Waals surface area contributed by atoms with Gasteiger partial charge in [0.25, 0.3) is 5.91 Å². The first kappa shape index (κ1) is 12.0. The molecule has 0 bridgehead atoms. The Bertz CT molecular complexity index is 604. The largest absolute Gasteiger partial charge is 0.339 e. The highest BCUT2D eigenvalue weighted by atomic mass is 16.2. The first-order valence-electron chi connectivity index (χ1n) is 6.77. The average Bonchev–Trinajstić information content (AvgIpc) is 2.48. The summed E-state index contributed by atoms with van der Waals surface area (Å²) in [6.45, 7) is 3.66. The fourth-order valence-electron chi connectivity index (χ4n) is 2.63. The van der Waals surface area contributed by atoms with Crippen molar-refractivity contribution in [1.29, 1.82) is 0 Å². The van der Waals surface area contributed by atoms with Gasteiger partial charge in [-0.1, -0.05) is 42.5 Å². The summed E-state index contributed by atoms with van der Waals surface area (Å²) in [6.07, 6.45) is 0.962. The number of carbonyl (C=O) groups is 1. The highest BCUT2D eigenvalue weighted by Crippen LogP contribution is 2.26. The van der Waals surface area contributed by atoms with Gasteiger partial charge in [-0.2, -0.15) is 0 Å². The summed E-state index contributed by atoms with van der Waals surface area (Å²) in [4.78, 5) is 14.3. The normalized spacial score (nSPS) is 14.4. The second-order valence-corrected chi connectivity index (χ2v) is 4.87. The summed E-state index contributed by atoms with van der Waals surface area (Å²) >= 11 is 0. The van der Waals surface area contributed by atoms with Crippen LogP contribution in [0.3, 0.4) is 0 Å². The average molecular weight is 251 g/mol. The summed E-state index contributed by atoms with van der Waals surface area (Å²) in [5, 5.41) is 0. The van der Waals surface area contributed by atoms with Crippen molar-refractivity contribution in [2.45, 2.75) is 13.3 Å². The Labute approximate surface area is 113 Å². The maximum absolute atomic E-state index is 12.4. The van der Waals surface area contributed by atoms with Gasteiger partial charge in [0, 0.05) is 18.7 Å². The van der Waals surface area contributed by atoms with Gasteiger partial charge in [0.1, 0.15) is 0 Å². The zero-order valence-electron chi connectivity index (χ0n) is 11.1. The fraction of sp³-hybridized carbons (Fsp3) is 0.235. The third-order valence-corrected chi connectivity index (χ3v) is 3.77. The van der Waals surface area contributed by atoms with Crippen LogP contribution in [0, 0.1) is 0 Å². The quantitative estimate of drug-likeness (QED) is 0.801. The van der Waals surface area contributed by atoms with Crippen LogP contribution in [0.1, 0.15) is 22.8 Å². The van der Waals surface area contributed by atoms with Crippen LogP contribution in [0.15, 0.2) is 48.5 Å². The van der Waals surface area contributed by atoms with Crippen molar-refractivity contribution >= 4 is 5.91 Å². The van der Waals surface area contributed by atoms with Gasteiger partial charge in [-0.15, -0.1) is 0 Å². The summed E-state index contributed by atoms with van der Waals surface area (Å²) in [5.74, 6) is 0.168. The molecule has 0 unspecified atom stereocenters. The van der Waals surface area contributed by atoms with E-state index >= 15 is 0 Å². The van der Waals surface area contributed by atoms with Gasteiger partial charge in [-0.3, -0.25) is 4.79 Å². The zero-order chi connectivity index (χ0) is 13.2. The Morgan fingerprint density at radius 2 is 1.84 bits per heavy atom. The number of fused-ring (bicyclic) bond motifs is 1. The van der Waals surface area contributed by atoms with Crippen LogP contribution >= 0.6 is 0 Å². The molecule has 3 rings (SSSR count). The zero-order valence-corrected chi connectivity index (χ0v) is 11.1. The van der Waals surface area contributed by atoms with Gasteiger partial charge in [0.2, 0.25) is 0 Å². The fourth-order valence-corrected chi connectivity index (χ4v) is 2.63. The van der Waals surface area contributed by atoms with Gasteiger partial charge >= 0.3 is 0 Å². The number of carbonyl (C=O) groups excluding carboxylic acids is 1. The molecule has 0 spiro atoms. The lowest BCUT2D eigenvalue weighted by Crippen LogP contribution is -2.37. The highest BCUT2D eigenvalue weighted by Gasteiger charge is 2.23. The van der Waals surface area contributed by atoms with E-state index in [0.717, 1.165) is 36.2 Å². The summed E-state index contributed by atoms with van der Waals surface area (Å²) < 4.78 is 0. The van der Waals surface area contributed by atoms with E-state index < -0.39 is 0 Å². The molecule has 0 atom stereocenters. The topological polar surface area (TPSA) is 20.3 Å². The van der Waals surface area contributed by atoms with E-state index in [-0.39, 0.29) is 5.91 Å². The number of hydrogen-bond donors (Lipinski definition) is 0. The lowest BCUT2D eigenvalue weighted by Gasteiger charge is -2.27. The molecular weight excluding hydrogens is 234 g/mol. The molecule has 0 radical (unpaired) electrons. The van der Waals surface area contributed by atoms with Crippen LogP contribution < -0.4 is 0 Å². The van der Waals surface area contributed by atoms with Gasteiger partial charge in [0.15, 0.2) is 0 Å². The molecule has 0 saturated heterocycles. The molecule has 1 aliphatic heterocycles. The minimum absolute atomic E-state index is 0.168. The predicted octanol–water partition coefficient (Wildman–Crippen LogP) is 3.37. The molecule has 19 heavy (non-hydrogen) atoms. The van der Waals surface area contributed by atoms with E-state index in [0.29, 0.717) is 0 Å². The smallest absolute Gasteiger partial charge is 0.254 e. The van der Waals surface area contributed by atoms with Crippen molar-refractivity contribution in [2.75, 3.05) is 13.1 Å². The Morgan fingerprint density at radius 1 is 1.05 bits per heavy atom. The maximum Gasteiger partial charge on any atom is 0.254 e. The summed E-state index contributed by atoms with van der Waals surface area (Å²) in [7, 11) is 0. The maximum atomic E-state index is 12.4. The molecule has 0 aliphatic carbocycles. The number of amides is 1. The van der Waals surface area contributed by atoms with E-state index in [2.05, 4.69) is 24.3 Å². The number of benzene rings is 2. The third-order valence-electron chi connectivity index (χ3n) is 3.77. The molecule has 2 aromatic carbocycles. The number of nitrogens with zero attached hydrogens (tertiary/aromatic N) is 1. The number of rotatable bonds is 2. The van der Waals surface area contributed by atoms with E-state index in [1.54, 1.807) is 0 Å². The van der Waals surface area contributed by atoms with Crippen molar-refractivity contribution < 1.29 is 4.79 Å². The van der Waals surface area contributed by atoms with Crippen molar-refractivity contribution in [3.63, 3.8) is 0 Å². The van der Waals surface area contributed by atoms with E-state index in [1.165, 1.54) is 5.56 Å². The van der Waals surface area contributed by atoms with Crippen LogP contribution in [-0.2, 0) is 6.42 Å². The van der Waals surface area contributed by atoms with Gasteiger partial charge in [0.05, 0.1) is 0 Å². The van der Waals surface area contributed by atoms with Crippen molar-refractivity contribution in [3.05, 3.63) is 59.7 Å².